The molecule has 4 rings (SSSR count). The molecule has 5 nitrogen and oxygen atoms in total. The predicted molar refractivity (Wildman–Crippen MR) is 98.7 cm³/mol. The molecule has 27 heavy (non-hydrogen) atoms. The monoisotopic (exact) mass is 365 g/mol. The van der Waals surface area contributed by atoms with E-state index < -0.39 is 12.4 Å². The fraction of sp³-hybridized carbons (Fsp3) is 0.0500. The SMILES string of the molecule is O=C(O)c1ccc2c(c1)nc(Nc1cccc(C(F)F)c1)c1ccncc12. The summed E-state index contributed by atoms with van der Waals surface area (Å²) in [5, 5.41) is 14.6. The number of anilines is 2. The van der Waals surface area contributed by atoms with Crippen LogP contribution in [0.3, 0.4) is 0 Å². The Labute approximate surface area is 152 Å². The van der Waals surface area contributed by atoms with Crippen molar-refractivity contribution in [3.8, 4) is 0 Å². The number of carboxylic acid groups (broad SMARTS) is 1. The van der Waals surface area contributed by atoms with Crippen molar-refractivity contribution in [2.45, 2.75) is 6.43 Å². The van der Waals surface area contributed by atoms with Crippen LogP contribution in [0.1, 0.15) is 22.3 Å². The molecule has 2 aromatic heterocycles. The smallest absolute Gasteiger partial charge is 0.335 e. The van der Waals surface area contributed by atoms with Crippen LogP contribution in [-0.2, 0) is 0 Å². The van der Waals surface area contributed by atoms with Crippen molar-refractivity contribution in [2.24, 2.45) is 0 Å². The maximum Gasteiger partial charge on any atom is 0.335 e. The highest BCUT2D eigenvalue weighted by molar-refractivity contribution is 6.11. The van der Waals surface area contributed by atoms with Gasteiger partial charge in [0.15, 0.2) is 0 Å². The number of carbonyl (C=O) groups is 1. The number of aromatic nitrogens is 2. The van der Waals surface area contributed by atoms with E-state index in [1.54, 1.807) is 30.6 Å². The molecule has 0 unspecified atom stereocenters. The van der Waals surface area contributed by atoms with Crippen LogP contribution in [0.2, 0.25) is 0 Å². The average molecular weight is 365 g/mol. The number of alkyl halides is 2. The number of hydrogen-bond donors (Lipinski definition) is 2. The maximum absolute atomic E-state index is 13.0. The summed E-state index contributed by atoms with van der Waals surface area (Å²) in [6, 6.07) is 12.4. The molecule has 0 amide bonds. The first kappa shape index (κ1) is 16.8. The van der Waals surface area contributed by atoms with Crippen LogP contribution in [0.15, 0.2) is 60.9 Å². The minimum Gasteiger partial charge on any atom is -0.478 e. The molecule has 4 aromatic rings. The van der Waals surface area contributed by atoms with Crippen LogP contribution < -0.4 is 5.32 Å². The summed E-state index contributed by atoms with van der Waals surface area (Å²) in [6.45, 7) is 0. The standard InChI is InChI=1S/C20H13F2N3O2/c21-18(22)11-2-1-3-13(8-11)24-19-15-6-7-23-10-16(15)14-5-4-12(20(26)27)9-17(14)25-19/h1-10,18H,(H,24,25)(H,26,27). The zero-order valence-corrected chi connectivity index (χ0v) is 13.9. The fourth-order valence-electron chi connectivity index (χ4n) is 2.97. The van der Waals surface area contributed by atoms with Gasteiger partial charge in [0, 0.05) is 39.8 Å². The summed E-state index contributed by atoms with van der Waals surface area (Å²) in [7, 11) is 0. The van der Waals surface area contributed by atoms with Gasteiger partial charge in [-0.3, -0.25) is 4.98 Å². The van der Waals surface area contributed by atoms with E-state index in [-0.39, 0.29) is 11.1 Å². The average Bonchev–Trinajstić information content (AvgIpc) is 2.68. The highest BCUT2D eigenvalue weighted by Gasteiger charge is 2.13. The lowest BCUT2D eigenvalue weighted by Crippen LogP contribution is -2.00. The second kappa shape index (κ2) is 6.60. The van der Waals surface area contributed by atoms with Gasteiger partial charge in [-0.25, -0.2) is 18.6 Å². The second-order valence-corrected chi connectivity index (χ2v) is 5.97. The third kappa shape index (κ3) is 3.15. The molecule has 2 N–H and O–H groups in total. The number of nitrogens with zero attached hydrogens (tertiary/aromatic N) is 2. The number of fused-ring (bicyclic) bond motifs is 3. The van der Waals surface area contributed by atoms with Crippen LogP contribution in [0, 0.1) is 0 Å². The van der Waals surface area contributed by atoms with Gasteiger partial charge in [-0.15, -0.1) is 0 Å². The van der Waals surface area contributed by atoms with Gasteiger partial charge in [0.25, 0.3) is 6.43 Å². The molecule has 0 aliphatic heterocycles. The van der Waals surface area contributed by atoms with Crippen molar-refractivity contribution in [3.63, 3.8) is 0 Å². The lowest BCUT2D eigenvalue weighted by Gasteiger charge is -2.12. The number of pyridine rings is 2. The molecule has 0 fully saturated rings. The van der Waals surface area contributed by atoms with Crippen molar-refractivity contribution in [2.75, 3.05) is 5.32 Å². The molecule has 0 saturated carbocycles. The van der Waals surface area contributed by atoms with E-state index in [0.29, 0.717) is 17.0 Å². The lowest BCUT2D eigenvalue weighted by atomic mass is 10.1. The lowest BCUT2D eigenvalue weighted by molar-refractivity contribution is 0.0697. The van der Waals surface area contributed by atoms with E-state index in [0.717, 1.165) is 16.2 Å². The van der Waals surface area contributed by atoms with Gasteiger partial charge in [0.2, 0.25) is 0 Å². The van der Waals surface area contributed by atoms with Crippen LogP contribution >= 0.6 is 0 Å². The summed E-state index contributed by atoms with van der Waals surface area (Å²) in [6.07, 6.45) is 0.707. The Bertz CT molecular complexity index is 1180. The highest BCUT2D eigenvalue weighted by atomic mass is 19.3. The number of halogens is 2. The minimum absolute atomic E-state index is 0.0973. The summed E-state index contributed by atoms with van der Waals surface area (Å²) >= 11 is 0. The largest absolute Gasteiger partial charge is 0.478 e. The van der Waals surface area contributed by atoms with Gasteiger partial charge in [-0.05, 0) is 30.3 Å². The number of nitrogens with one attached hydrogen (secondary N) is 1. The first-order valence-electron chi connectivity index (χ1n) is 8.09. The van der Waals surface area contributed by atoms with Crippen molar-refractivity contribution in [3.05, 3.63) is 72.1 Å². The summed E-state index contributed by atoms with van der Waals surface area (Å²) in [4.78, 5) is 19.9. The van der Waals surface area contributed by atoms with E-state index in [1.807, 2.05) is 0 Å². The fourth-order valence-corrected chi connectivity index (χ4v) is 2.97. The zero-order chi connectivity index (χ0) is 19.0. The van der Waals surface area contributed by atoms with E-state index in [9.17, 15) is 18.7 Å². The number of rotatable bonds is 4. The van der Waals surface area contributed by atoms with Crippen LogP contribution in [-0.4, -0.2) is 21.0 Å². The minimum atomic E-state index is -2.57. The third-order valence-electron chi connectivity index (χ3n) is 4.24. The van der Waals surface area contributed by atoms with Crippen LogP contribution in [0.5, 0.6) is 0 Å². The van der Waals surface area contributed by atoms with Gasteiger partial charge < -0.3 is 10.4 Å². The topological polar surface area (TPSA) is 75.1 Å². The third-order valence-corrected chi connectivity index (χ3v) is 4.24. The Morgan fingerprint density at radius 1 is 1.04 bits per heavy atom. The van der Waals surface area contributed by atoms with Crippen LogP contribution in [0.4, 0.5) is 20.3 Å². The Morgan fingerprint density at radius 2 is 1.89 bits per heavy atom. The summed E-state index contributed by atoms with van der Waals surface area (Å²) < 4.78 is 25.9. The van der Waals surface area contributed by atoms with Gasteiger partial charge in [0.05, 0.1) is 11.1 Å². The molecule has 2 heterocycles. The first-order valence-corrected chi connectivity index (χ1v) is 8.09. The van der Waals surface area contributed by atoms with Crippen molar-refractivity contribution in [1.29, 1.82) is 0 Å². The number of benzene rings is 2. The van der Waals surface area contributed by atoms with Gasteiger partial charge in [0.1, 0.15) is 5.82 Å². The Hall–Kier alpha value is -3.61. The number of hydrogen-bond acceptors (Lipinski definition) is 4. The molecule has 0 atom stereocenters. The molecule has 0 saturated heterocycles. The highest BCUT2D eigenvalue weighted by Crippen LogP contribution is 2.31. The molecule has 7 heteroatoms. The summed E-state index contributed by atoms with van der Waals surface area (Å²) in [5.74, 6) is -0.613. The molecular weight excluding hydrogens is 352 g/mol. The van der Waals surface area contributed by atoms with Crippen molar-refractivity contribution in [1.82, 2.24) is 9.97 Å². The van der Waals surface area contributed by atoms with E-state index in [4.69, 9.17) is 0 Å². The normalized spacial score (nSPS) is 11.2. The van der Waals surface area contributed by atoms with E-state index in [1.165, 1.54) is 30.3 Å². The molecular formula is C20H13F2N3O2. The van der Waals surface area contributed by atoms with E-state index >= 15 is 0 Å². The number of aromatic carboxylic acids is 1. The van der Waals surface area contributed by atoms with Crippen molar-refractivity contribution >= 4 is 39.1 Å². The first-order chi connectivity index (χ1) is 13.0. The van der Waals surface area contributed by atoms with E-state index in [2.05, 4.69) is 15.3 Å². The molecule has 2 aromatic carbocycles. The molecule has 0 spiro atoms. The Morgan fingerprint density at radius 3 is 2.67 bits per heavy atom. The predicted octanol–water partition coefficient (Wildman–Crippen LogP) is 5.16. The second-order valence-electron chi connectivity index (χ2n) is 5.97. The maximum atomic E-state index is 13.0. The zero-order valence-electron chi connectivity index (χ0n) is 13.9. The molecule has 0 aliphatic rings. The molecule has 0 bridgehead atoms. The van der Waals surface area contributed by atoms with Crippen molar-refractivity contribution < 1.29 is 18.7 Å². The Kier molecular flexibility index (Phi) is 4.12. The molecule has 0 aliphatic carbocycles. The number of carboxylic acids is 1. The summed E-state index contributed by atoms with van der Waals surface area (Å²) in [5.41, 5.74) is 0.957. The quantitative estimate of drug-likeness (QED) is 0.489. The van der Waals surface area contributed by atoms with Gasteiger partial charge >= 0.3 is 5.97 Å². The van der Waals surface area contributed by atoms with Crippen LogP contribution in [0.25, 0.3) is 21.7 Å². The van der Waals surface area contributed by atoms with Gasteiger partial charge in [-0.1, -0.05) is 18.2 Å². The van der Waals surface area contributed by atoms with Gasteiger partial charge in [-0.2, -0.15) is 0 Å². The molecule has 134 valence electrons. The Balaban J connectivity index is 1.90. The molecule has 0 radical (unpaired) electrons.